The summed E-state index contributed by atoms with van der Waals surface area (Å²) < 4.78 is 0. The zero-order valence-corrected chi connectivity index (χ0v) is 10.7. The van der Waals surface area contributed by atoms with Gasteiger partial charge in [0.15, 0.2) is 6.71 Å². The maximum absolute atomic E-state index is 4.11. The number of hydrogen-bond acceptors (Lipinski definition) is 1. The van der Waals surface area contributed by atoms with E-state index in [1.165, 1.54) is 18.2 Å². The van der Waals surface area contributed by atoms with Crippen molar-refractivity contribution in [3.05, 3.63) is 12.4 Å². The van der Waals surface area contributed by atoms with Crippen molar-refractivity contribution in [1.29, 1.82) is 0 Å². The van der Waals surface area contributed by atoms with Crippen LogP contribution in [0.1, 0.15) is 34.1 Å². The first kappa shape index (κ1) is 10.4. The molecule has 0 amide bonds. The second-order valence-corrected chi connectivity index (χ2v) is 6.95. The molecule has 1 aliphatic carbocycles. The summed E-state index contributed by atoms with van der Waals surface area (Å²) in [4.78, 5) is 0. The summed E-state index contributed by atoms with van der Waals surface area (Å²) in [7, 11) is 0. The molecule has 1 aliphatic heterocycles. The minimum Gasteiger partial charge on any atom is -0.286 e. The molecular formula is C13H21BN2. The smallest absolute Gasteiger partial charge is 0.184 e. The van der Waals surface area contributed by atoms with E-state index in [2.05, 4.69) is 44.1 Å². The van der Waals surface area contributed by atoms with Crippen LogP contribution in [0.3, 0.4) is 0 Å². The van der Waals surface area contributed by atoms with Crippen molar-refractivity contribution in [2.75, 3.05) is 0 Å². The Morgan fingerprint density at radius 2 is 2.12 bits per heavy atom. The Balaban J connectivity index is 1.92. The molecule has 2 unspecified atom stereocenters. The van der Waals surface area contributed by atoms with Crippen molar-refractivity contribution < 1.29 is 0 Å². The first-order chi connectivity index (χ1) is 7.43. The Kier molecular flexibility index (Phi) is 1.91. The number of nitrogens with zero attached hydrogens (tertiary/aromatic N) is 1. The molecule has 86 valence electrons. The number of H-pyrrole nitrogens is 1. The van der Waals surface area contributed by atoms with Gasteiger partial charge in [-0.15, -0.1) is 0 Å². The van der Waals surface area contributed by atoms with Gasteiger partial charge in [-0.3, -0.25) is 5.10 Å². The van der Waals surface area contributed by atoms with Crippen molar-refractivity contribution in [3.8, 4) is 0 Å². The van der Waals surface area contributed by atoms with Gasteiger partial charge in [-0.05, 0) is 22.2 Å². The number of aromatic amines is 1. The van der Waals surface area contributed by atoms with Gasteiger partial charge < -0.3 is 0 Å². The second-order valence-electron chi connectivity index (χ2n) is 6.95. The second kappa shape index (κ2) is 2.94. The highest BCUT2D eigenvalue weighted by Crippen LogP contribution is 2.68. The predicted octanol–water partition coefficient (Wildman–Crippen LogP) is 2.57. The zero-order chi connectivity index (χ0) is 11.6. The summed E-state index contributed by atoms with van der Waals surface area (Å²) in [5.41, 5.74) is 2.36. The number of aromatic nitrogens is 2. The zero-order valence-electron chi connectivity index (χ0n) is 10.7. The van der Waals surface area contributed by atoms with E-state index < -0.39 is 0 Å². The van der Waals surface area contributed by atoms with Gasteiger partial charge in [0.05, 0.1) is 0 Å². The molecule has 1 saturated carbocycles. The summed E-state index contributed by atoms with van der Waals surface area (Å²) >= 11 is 0. The molecule has 2 aliphatic rings. The van der Waals surface area contributed by atoms with Gasteiger partial charge in [0.2, 0.25) is 0 Å². The largest absolute Gasteiger partial charge is 0.286 e. The van der Waals surface area contributed by atoms with Crippen LogP contribution in [0, 0.1) is 16.7 Å². The summed E-state index contributed by atoms with van der Waals surface area (Å²) in [6, 6.07) is 0. The average molecular weight is 216 g/mol. The van der Waals surface area contributed by atoms with Crippen LogP contribution in [0.15, 0.2) is 12.4 Å². The van der Waals surface area contributed by atoms with Crippen LogP contribution < -0.4 is 5.46 Å². The van der Waals surface area contributed by atoms with E-state index >= 15 is 0 Å². The molecule has 1 aromatic heterocycles. The van der Waals surface area contributed by atoms with E-state index in [-0.39, 0.29) is 0 Å². The SMILES string of the molecule is CC1(C)CB(c2cn[nH]c2)C2CC2C1(C)C. The number of hydrogen-bond donors (Lipinski definition) is 1. The van der Waals surface area contributed by atoms with Crippen LogP contribution in [-0.2, 0) is 0 Å². The fourth-order valence-corrected chi connectivity index (χ4v) is 3.78. The number of rotatable bonds is 1. The van der Waals surface area contributed by atoms with E-state index in [1.807, 2.05) is 6.20 Å². The molecule has 0 spiro atoms. The van der Waals surface area contributed by atoms with Crippen molar-refractivity contribution in [2.45, 2.75) is 46.3 Å². The summed E-state index contributed by atoms with van der Waals surface area (Å²) in [5, 5.41) is 7.07. The fraction of sp³-hybridized carbons (Fsp3) is 0.769. The Morgan fingerprint density at radius 1 is 1.38 bits per heavy atom. The molecule has 2 nitrogen and oxygen atoms in total. The molecule has 2 fully saturated rings. The summed E-state index contributed by atoms with van der Waals surface area (Å²) in [5.74, 6) is 1.84. The minimum absolute atomic E-state index is 0.437. The van der Waals surface area contributed by atoms with E-state index in [0.717, 1.165) is 18.4 Å². The van der Waals surface area contributed by atoms with Gasteiger partial charge in [0, 0.05) is 12.4 Å². The lowest BCUT2D eigenvalue weighted by Gasteiger charge is -2.48. The molecule has 3 rings (SSSR count). The van der Waals surface area contributed by atoms with Crippen molar-refractivity contribution >= 4 is 12.2 Å². The monoisotopic (exact) mass is 216 g/mol. The molecule has 1 aromatic rings. The van der Waals surface area contributed by atoms with Crippen LogP contribution in [0.4, 0.5) is 0 Å². The topological polar surface area (TPSA) is 28.7 Å². The Labute approximate surface area is 98.3 Å². The molecule has 16 heavy (non-hydrogen) atoms. The lowest BCUT2D eigenvalue weighted by Crippen LogP contribution is -2.47. The van der Waals surface area contributed by atoms with E-state index in [0.29, 0.717) is 10.8 Å². The maximum Gasteiger partial charge on any atom is 0.184 e. The van der Waals surface area contributed by atoms with Gasteiger partial charge in [-0.1, -0.05) is 46.3 Å². The molecule has 0 aromatic carbocycles. The third-order valence-corrected chi connectivity index (χ3v) is 5.71. The van der Waals surface area contributed by atoms with Gasteiger partial charge >= 0.3 is 0 Å². The highest BCUT2D eigenvalue weighted by atomic mass is 15.1. The van der Waals surface area contributed by atoms with E-state index in [9.17, 15) is 0 Å². The lowest BCUT2D eigenvalue weighted by molar-refractivity contribution is 0.0945. The Hall–Kier alpha value is -0.725. The molecule has 1 saturated heterocycles. The highest BCUT2D eigenvalue weighted by molar-refractivity contribution is 6.75. The maximum atomic E-state index is 4.11. The predicted molar refractivity (Wildman–Crippen MR) is 68.2 cm³/mol. The fourth-order valence-electron chi connectivity index (χ4n) is 3.78. The first-order valence-corrected chi connectivity index (χ1v) is 6.42. The standard InChI is InChI=1S/C13H21BN2/c1-12(2)8-14(9-6-15-16-7-9)11-5-10(11)13(12,3)4/h6-7,10-11H,5,8H2,1-4H3,(H,15,16). The van der Waals surface area contributed by atoms with Gasteiger partial charge in [-0.2, -0.15) is 5.10 Å². The van der Waals surface area contributed by atoms with Gasteiger partial charge in [0.1, 0.15) is 0 Å². The molecule has 0 bridgehead atoms. The summed E-state index contributed by atoms with van der Waals surface area (Å²) in [6.07, 6.45) is 6.84. The van der Waals surface area contributed by atoms with E-state index in [1.54, 1.807) is 0 Å². The van der Waals surface area contributed by atoms with Crippen LogP contribution in [-0.4, -0.2) is 16.9 Å². The normalized spacial score (nSPS) is 34.6. The van der Waals surface area contributed by atoms with Gasteiger partial charge in [-0.25, -0.2) is 0 Å². The van der Waals surface area contributed by atoms with Crippen molar-refractivity contribution in [3.63, 3.8) is 0 Å². The third-order valence-electron chi connectivity index (χ3n) is 5.71. The van der Waals surface area contributed by atoms with Crippen molar-refractivity contribution in [1.82, 2.24) is 10.2 Å². The molecule has 2 heterocycles. The third kappa shape index (κ3) is 1.23. The minimum atomic E-state index is 0.437. The van der Waals surface area contributed by atoms with E-state index in [4.69, 9.17) is 0 Å². The van der Waals surface area contributed by atoms with Crippen LogP contribution in [0.5, 0.6) is 0 Å². The molecule has 1 N–H and O–H groups in total. The van der Waals surface area contributed by atoms with Crippen LogP contribution >= 0.6 is 0 Å². The highest BCUT2D eigenvalue weighted by Gasteiger charge is 2.62. The average Bonchev–Trinajstić information content (AvgIpc) is 2.81. The first-order valence-electron chi connectivity index (χ1n) is 6.42. The van der Waals surface area contributed by atoms with Crippen LogP contribution in [0.2, 0.25) is 12.1 Å². The molecular weight excluding hydrogens is 195 g/mol. The quantitative estimate of drug-likeness (QED) is 0.718. The Morgan fingerprint density at radius 3 is 2.75 bits per heavy atom. The molecule has 3 heteroatoms. The molecule has 2 atom stereocenters. The number of fused-ring (bicyclic) bond motifs is 1. The molecule has 0 radical (unpaired) electrons. The lowest BCUT2D eigenvalue weighted by atomic mass is 9.30. The van der Waals surface area contributed by atoms with Crippen molar-refractivity contribution in [2.24, 2.45) is 16.7 Å². The Bertz CT molecular complexity index is 394. The summed E-state index contributed by atoms with van der Waals surface area (Å²) in [6.45, 7) is 10.5. The van der Waals surface area contributed by atoms with Crippen LogP contribution in [0.25, 0.3) is 0 Å². The van der Waals surface area contributed by atoms with Gasteiger partial charge in [0.25, 0.3) is 0 Å². The number of nitrogens with one attached hydrogen (secondary N) is 1.